The first kappa shape index (κ1) is 12.1. The van der Waals surface area contributed by atoms with E-state index in [1.54, 1.807) is 30.3 Å². The van der Waals surface area contributed by atoms with Crippen LogP contribution in [0.1, 0.15) is 10.5 Å². The molecule has 0 aliphatic rings. The number of fused-ring (bicyclic) bond motifs is 1. The van der Waals surface area contributed by atoms with E-state index in [1.165, 1.54) is 18.6 Å². The Morgan fingerprint density at radius 1 is 1.05 bits per heavy atom. The van der Waals surface area contributed by atoms with Crippen LogP contribution in [-0.4, -0.2) is 21.0 Å². The number of anilines is 1. The number of benzene rings is 2. The quantitative estimate of drug-likeness (QED) is 0.746. The van der Waals surface area contributed by atoms with Crippen molar-refractivity contribution in [3.63, 3.8) is 0 Å². The van der Waals surface area contributed by atoms with E-state index >= 15 is 0 Å². The molecule has 3 aromatic rings. The van der Waals surface area contributed by atoms with Crippen molar-refractivity contribution >= 4 is 22.4 Å². The fourth-order valence-electron chi connectivity index (χ4n) is 2.01. The van der Waals surface area contributed by atoms with Crippen molar-refractivity contribution in [2.24, 2.45) is 0 Å². The number of phenolic OH excluding ortho intramolecular Hbond substituents is 1. The summed E-state index contributed by atoms with van der Waals surface area (Å²) in [5, 5.41) is 14.0. The number of aromatic nitrogens is 2. The molecule has 0 fully saturated rings. The Bertz CT molecular complexity index is 772. The van der Waals surface area contributed by atoms with Crippen LogP contribution < -0.4 is 5.32 Å². The molecule has 0 unspecified atom stereocenters. The molecule has 0 saturated carbocycles. The molecule has 5 heteroatoms. The molecule has 20 heavy (non-hydrogen) atoms. The van der Waals surface area contributed by atoms with Gasteiger partial charge in [-0.1, -0.05) is 24.3 Å². The van der Waals surface area contributed by atoms with E-state index in [4.69, 9.17) is 0 Å². The predicted molar refractivity (Wildman–Crippen MR) is 75.6 cm³/mol. The summed E-state index contributed by atoms with van der Waals surface area (Å²) < 4.78 is 0. The number of hydrogen-bond donors (Lipinski definition) is 2. The lowest BCUT2D eigenvalue weighted by atomic mass is 10.1. The minimum absolute atomic E-state index is 0.179. The standard InChI is InChI=1S/C15H11N3O2/c19-14-6-2-3-10-11(14)4-1-5-12(10)18-15(20)13-9-16-7-8-17-13/h1-9,19H,(H,18,20). The molecular formula is C15H11N3O2. The summed E-state index contributed by atoms with van der Waals surface area (Å²) in [6.45, 7) is 0. The monoisotopic (exact) mass is 265 g/mol. The largest absolute Gasteiger partial charge is 0.507 e. The first-order valence-electron chi connectivity index (χ1n) is 6.04. The van der Waals surface area contributed by atoms with E-state index in [9.17, 15) is 9.90 Å². The van der Waals surface area contributed by atoms with Gasteiger partial charge in [0.1, 0.15) is 11.4 Å². The van der Waals surface area contributed by atoms with Gasteiger partial charge in [-0.2, -0.15) is 0 Å². The number of nitrogens with one attached hydrogen (secondary N) is 1. The highest BCUT2D eigenvalue weighted by Crippen LogP contribution is 2.29. The van der Waals surface area contributed by atoms with E-state index < -0.39 is 0 Å². The zero-order valence-electron chi connectivity index (χ0n) is 10.4. The van der Waals surface area contributed by atoms with E-state index in [0.717, 1.165) is 5.39 Å². The van der Waals surface area contributed by atoms with Crippen molar-refractivity contribution in [2.75, 3.05) is 5.32 Å². The summed E-state index contributed by atoms with van der Waals surface area (Å²) in [4.78, 5) is 19.9. The average Bonchev–Trinajstić information content (AvgIpc) is 2.49. The fourth-order valence-corrected chi connectivity index (χ4v) is 2.01. The lowest BCUT2D eigenvalue weighted by molar-refractivity contribution is 0.102. The Labute approximate surface area is 114 Å². The summed E-state index contributed by atoms with van der Waals surface area (Å²) in [6, 6.07) is 10.5. The molecule has 1 amide bonds. The van der Waals surface area contributed by atoms with Gasteiger partial charge >= 0.3 is 0 Å². The smallest absolute Gasteiger partial charge is 0.275 e. The highest BCUT2D eigenvalue weighted by Gasteiger charge is 2.10. The highest BCUT2D eigenvalue weighted by molar-refractivity contribution is 6.08. The van der Waals surface area contributed by atoms with Crippen molar-refractivity contribution in [1.29, 1.82) is 0 Å². The highest BCUT2D eigenvalue weighted by atomic mass is 16.3. The van der Waals surface area contributed by atoms with Gasteiger partial charge in [0, 0.05) is 28.9 Å². The minimum atomic E-state index is -0.339. The summed E-state index contributed by atoms with van der Waals surface area (Å²) in [5.74, 6) is -0.160. The molecular weight excluding hydrogens is 254 g/mol. The van der Waals surface area contributed by atoms with Gasteiger partial charge in [0.2, 0.25) is 0 Å². The van der Waals surface area contributed by atoms with Gasteiger partial charge in [-0.15, -0.1) is 0 Å². The lowest BCUT2D eigenvalue weighted by Gasteiger charge is -2.09. The first-order valence-corrected chi connectivity index (χ1v) is 6.04. The second-order valence-corrected chi connectivity index (χ2v) is 4.22. The van der Waals surface area contributed by atoms with Crippen molar-refractivity contribution in [1.82, 2.24) is 9.97 Å². The molecule has 0 radical (unpaired) electrons. The molecule has 2 aromatic carbocycles. The third kappa shape index (κ3) is 2.16. The van der Waals surface area contributed by atoms with Crippen LogP contribution in [0.2, 0.25) is 0 Å². The number of carbonyl (C=O) groups is 1. The third-order valence-corrected chi connectivity index (χ3v) is 2.94. The number of carbonyl (C=O) groups excluding carboxylic acids is 1. The first-order chi connectivity index (χ1) is 9.75. The third-order valence-electron chi connectivity index (χ3n) is 2.94. The molecule has 0 bridgehead atoms. The number of amides is 1. The van der Waals surface area contributed by atoms with Gasteiger partial charge < -0.3 is 10.4 Å². The van der Waals surface area contributed by atoms with Gasteiger partial charge in [0.15, 0.2) is 0 Å². The van der Waals surface area contributed by atoms with Gasteiger partial charge in [-0.05, 0) is 12.1 Å². The molecule has 0 atom stereocenters. The Kier molecular flexibility index (Phi) is 3.01. The average molecular weight is 265 g/mol. The molecule has 1 aromatic heterocycles. The molecule has 0 spiro atoms. The normalized spacial score (nSPS) is 10.4. The maximum atomic E-state index is 12.1. The van der Waals surface area contributed by atoms with Crippen LogP contribution in [0.3, 0.4) is 0 Å². The van der Waals surface area contributed by atoms with Crippen LogP contribution in [0.25, 0.3) is 10.8 Å². The number of nitrogens with zero attached hydrogens (tertiary/aromatic N) is 2. The number of aromatic hydroxyl groups is 1. The van der Waals surface area contributed by atoms with Crippen LogP contribution in [0, 0.1) is 0 Å². The summed E-state index contributed by atoms with van der Waals surface area (Å²) in [5.41, 5.74) is 0.860. The number of phenols is 1. The van der Waals surface area contributed by atoms with E-state index in [-0.39, 0.29) is 17.4 Å². The fraction of sp³-hybridized carbons (Fsp3) is 0. The van der Waals surface area contributed by atoms with Gasteiger partial charge in [-0.25, -0.2) is 4.98 Å². The minimum Gasteiger partial charge on any atom is -0.507 e. The topological polar surface area (TPSA) is 75.1 Å². The molecule has 1 heterocycles. The molecule has 5 nitrogen and oxygen atoms in total. The lowest BCUT2D eigenvalue weighted by Crippen LogP contribution is -2.13. The van der Waals surface area contributed by atoms with Crippen molar-refractivity contribution in [3.05, 3.63) is 60.7 Å². The Morgan fingerprint density at radius 2 is 1.85 bits per heavy atom. The molecule has 2 N–H and O–H groups in total. The maximum absolute atomic E-state index is 12.1. The number of hydrogen-bond acceptors (Lipinski definition) is 4. The second-order valence-electron chi connectivity index (χ2n) is 4.22. The summed E-state index contributed by atoms with van der Waals surface area (Å²) in [7, 11) is 0. The van der Waals surface area contributed by atoms with Crippen molar-refractivity contribution in [2.45, 2.75) is 0 Å². The predicted octanol–water partition coefficient (Wildman–Crippen LogP) is 2.59. The van der Waals surface area contributed by atoms with Crippen molar-refractivity contribution in [3.8, 4) is 5.75 Å². The SMILES string of the molecule is O=C(Nc1cccc2c(O)cccc12)c1cnccn1. The Hall–Kier alpha value is -2.95. The maximum Gasteiger partial charge on any atom is 0.275 e. The van der Waals surface area contributed by atoms with Crippen LogP contribution in [0.4, 0.5) is 5.69 Å². The van der Waals surface area contributed by atoms with Gasteiger partial charge in [-0.3, -0.25) is 9.78 Å². The molecule has 3 rings (SSSR count). The Morgan fingerprint density at radius 3 is 2.65 bits per heavy atom. The van der Waals surface area contributed by atoms with Crippen LogP contribution in [0.5, 0.6) is 5.75 Å². The summed E-state index contributed by atoms with van der Waals surface area (Å²) >= 11 is 0. The second kappa shape index (κ2) is 4.97. The number of rotatable bonds is 2. The van der Waals surface area contributed by atoms with E-state index in [1.807, 2.05) is 6.07 Å². The molecule has 98 valence electrons. The van der Waals surface area contributed by atoms with Gasteiger partial charge in [0.05, 0.1) is 6.20 Å². The zero-order valence-corrected chi connectivity index (χ0v) is 10.4. The van der Waals surface area contributed by atoms with Crippen LogP contribution >= 0.6 is 0 Å². The van der Waals surface area contributed by atoms with Crippen LogP contribution in [-0.2, 0) is 0 Å². The summed E-state index contributed by atoms with van der Waals surface area (Å²) in [6.07, 6.45) is 4.37. The van der Waals surface area contributed by atoms with E-state index in [2.05, 4.69) is 15.3 Å². The van der Waals surface area contributed by atoms with E-state index in [0.29, 0.717) is 11.1 Å². The Balaban J connectivity index is 2.00. The molecule has 0 aliphatic heterocycles. The molecule has 0 aliphatic carbocycles. The van der Waals surface area contributed by atoms with Gasteiger partial charge in [0.25, 0.3) is 5.91 Å². The zero-order chi connectivity index (χ0) is 13.9. The molecule has 0 saturated heterocycles. The van der Waals surface area contributed by atoms with Crippen molar-refractivity contribution < 1.29 is 9.90 Å². The van der Waals surface area contributed by atoms with Crippen LogP contribution in [0.15, 0.2) is 55.0 Å².